The van der Waals surface area contributed by atoms with E-state index >= 15 is 0 Å². The lowest BCUT2D eigenvalue weighted by molar-refractivity contribution is 0.350. The molecular formula is C10H10O3. The van der Waals surface area contributed by atoms with Gasteiger partial charge in [-0.2, -0.15) is 0 Å². The largest absolute Gasteiger partial charge is 0.504 e. The van der Waals surface area contributed by atoms with Crippen LogP contribution in [0.4, 0.5) is 0 Å². The van der Waals surface area contributed by atoms with Crippen molar-refractivity contribution < 1.29 is 14.9 Å². The van der Waals surface area contributed by atoms with Crippen LogP contribution in [-0.2, 0) is 0 Å². The van der Waals surface area contributed by atoms with E-state index in [1.54, 1.807) is 12.1 Å². The molecule has 2 N–H and O–H groups in total. The Morgan fingerprint density at radius 3 is 2.85 bits per heavy atom. The van der Waals surface area contributed by atoms with E-state index in [4.69, 9.17) is 9.84 Å². The summed E-state index contributed by atoms with van der Waals surface area (Å²) in [4.78, 5) is 0. The fraction of sp³-hybridized carbons (Fsp3) is 0.200. The minimum Gasteiger partial charge on any atom is -0.504 e. The summed E-state index contributed by atoms with van der Waals surface area (Å²) in [6, 6.07) is 4.76. The highest BCUT2D eigenvalue weighted by molar-refractivity contribution is 5.47. The van der Waals surface area contributed by atoms with Crippen LogP contribution >= 0.6 is 0 Å². The van der Waals surface area contributed by atoms with Crippen LogP contribution in [0.2, 0.25) is 0 Å². The molecular weight excluding hydrogens is 168 g/mol. The van der Waals surface area contributed by atoms with E-state index in [2.05, 4.69) is 11.8 Å². The molecule has 1 aromatic rings. The standard InChI is InChI=1S/C10H10O3/c1-13-10-7-8(3-2-6-11)4-5-9(10)12/h4-5,7,11-12H,6H2,1H3. The highest BCUT2D eigenvalue weighted by Crippen LogP contribution is 2.25. The maximum Gasteiger partial charge on any atom is 0.161 e. The van der Waals surface area contributed by atoms with Crippen LogP contribution in [0.5, 0.6) is 11.5 Å². The first-order chi connectivity index (χ1) is 6.27. The third-order valence-corrected chi connectivity index (χ3v) is 1.49. The van der Waals surface area contributed by atoms with Crippen LogP contribution in [0.25, 0.3) is 0 Å². The van der Waals surface area contributed by atoms with Gasteiger partial charge in [-0.15, -0.1) is 0 Å². The number of benzene rings is 1. The minimum absolute atomic E-state index is 0.0806. The van der Waals surface area contributed by atoms with E-state index in [-0.39, 0.29) is 12.4 Å². The van der Waals surface area contributed by atoms with Gasteiger partial charge in [0.1, 0.15) is 6.61 Å². The number of phenols is 1. The molecule has 13 heavy (non-hydrogen) atoms. The number of phenolic OH excluding ortho intramolecular Hbond substituents is 1. The number of ether oxygens (including phenoxy) is 1. The quantitative estimate of drug-likeness (QED) is 0.624. The summed E-state index contributed by atoms with van der Waals surface area (Å²) >= 11 is 0. The molecule has 0 aliphatic carbocycles. The third-order valence-electron chi connectivity index (χ3n) is 1.49. The number of aliphatic hydroxyl groups excluding tert-OH is 1. The first-order valence-electron chi connectivity index (χ1n) is 3.74. The van der Waals surface area contributed by atoms with Crippen LogP contribution in [0.15, 0.2) is 18.2 Å². The van der Waals surface area contributed by atoms with Gasteiger partial charge in [0.2, 0.25) is 0 Å². The number of hydrogen-bond donors (Lipinski definition) is 2. The molecule has 0 fully saturated rings. The van der Waals surface area contributed by atoms with Crippen molar-refractivity contribution in [2.75, 3.05) is 13.7 Å². The van der Waals surface area contributed by atoms with Crippen LogP contribution in [0, 0.1) is 11.8 Å². The molecule has 1 aromatic carbocycles. The topological polar surface area (TPSA) is 49.7 Å². The maximum atomic E-state index is 9.24. The summed E-state index contributed by atoms with van der Waals surface area (Å²) in [5.74, 6) is 5.67. The molecule has 0 spiro atoms. The number of rotatable bonds is 1. The van der Waals surface area contributed by atoms with Crippen molar-refractivity contribution in [3.8, 4) is 23.3 Å². The van der Waals surface area contributed by atoms with Gasteiger partial charge in [0.15, 0.2) is 11.5 Å². The Balaban J connectivity index is 2.99. The van der Waals surface area contributed by atoms with Gasteiger partial charge in [0.25, 0.3) is 0 Å². The molecule has 0 aliphatic rings. The van der Waals surface area contributed by atoms with Crippen LogP contribution in [0.1, 0.15) is 5.56 Å². The SMILES string of the molecule is COc1cc(C#CCO)ccc1O. The Kier molecular flexibility index (Phi) is 3.18. The highest BCUT2D eigenvalue weighted by Gasteiger charge is 1.99. The van der Waals surface area contributed by atoms with Crippen molar-refractivity contribution in [3.05, 3.63) is 23.8 Å². The van der Waals surface area contributed by atoms with Crippen LogP contribution < -0.4 is 4.74 Å². The molecule has 0 aliphatic heterocycles. The minimum atomic E-state index is -0.177. The molecule has 0 atom stereocenters. The van der Waals surface area contributed by atoms with E-state index in [0.29, 0.717) is 11.3 Å². The number of aromatic hydroxyl groups is 1. The van der Waals surface area contributed by atoms with E-state index in [1.165, 1.54) is 13.2 Å². The zero-order chi connectivity index (χ0) is 9.68. The molecule has 0 bridgehead atoms. The second kappa shape index (κ2) is 4.39. The van der Waals surface area contributed by atoms with Gasteiger partial charge < -0.3 is 14.9 Å². The van der Waals surface area contributed by atoms with Gasteiger partial charge in [-0.3, -0.25) is 0 Å². The number of aliphatic hydroxyl groups is 1. The molecule has 0 aromatic heterocycles. The van der Waals surface area contributed by atoms with Crippen molar-refractivity contribution in [2.45, 2.75) is 0 Å². The van der Waals surface area contributed by atoms with Crippen molar-refractivity contribution in [1.29, 1.82) is 0 Å². The highest BCUT2D eigenvalue weighted by atomic mass is 16.5. The average molecular weight is 178 g/mol. The van der Waals surface area contributed by atoms with Gasteiger partial charge in [-0.1, -0.05) is 11.8 Å². The number of hydrogen-bond acceptors (Lipinski definition) is 3. The molecule has 0 unspecified atom stereocenters. The molecule has 0 amide bonds. The van der Waals surface area contributed by atoms with Crippen molar-refractivity contribution >= 4 is 0 Å². The lowest BCUT2D eigenvalue weighted by atomic mass is 10.2. The zero-order valence-electron chi connectivity index (χ0n) is 7.24. The van der Waals surface area contributed by atoms with Gasteiger partial charge in [0.05, 0.1) is 7.11 Å². The van der Waals surface area contributed by atoms with Crippen LogP contribution in [0.3, 0.4) is 0 Å². The maximum absolute atomic E-state index is 9.24. The summed E-state index contributed by atoms with van der Waals surface area (Å²) in [6.07, 6.45) is 0. The van der Waals surface area contributed by atoms with E-state index in [9.17, 15) is 5.11 Å². The normalized spacial score (nSPS) is 8.77. The average Bonchev–Trinajstić information content (AvgIpc) is 2.16. The first kappa shape index (κ1) is 9.43. The fourth-order valence-electron chi connectivity index (χ4n) is 0.897. The summed E-state index contributed by atoms with van der Waals surface area (Å²) in [6.45, 7) is -0.177. The van der Waals surface area contributed by atoms with Crippen molar-refractivity contribution in [3.63, 3.8) is 0 Å². The molecule has 0 radical (unpaired) electrons. The Morgan fingerprint density at radius 1 is 1.46 bits per heavy atom. The lowest BCUT2D eigenvalue weighted by Gasteiger charge is -2.02. The van der Waals surface area contributed by atoms with Gasteiger partial charge in [-0.05, 0) is 18.2 Å². The fourth-order valence-corrected chi connectivity index (χ4v) is 0.897. The molecule has 0 saturated heterocycles. The van der Waals surface area contributed by atoms with E-state index in [1.807, 2.05) is 0 Å². The summed E-state index contributed by atoms with van der Waals surface area (Å²) in [5.41, 5.74) is 0.698. The molecule has 68 valence electrons. The van der Waals surface area contributed by atoms with E-state index < -0.39 is 0 Å². The number of methoxy groups -OCH3 is 1. The summed E-state index contributed by atoms with van der Waals surface area (Å²) in [5, 5.41) is 17.7. The Hall–Kier alpha value is -1.66. The zero-order valence-corrected chi connectivity index (χ0v) is 7.24. The summed E-state index contributed by atoms with van der Waals surface area (Å²) in [7, 11) is 1.47. The monoisotopic (exact) mass is 178 g/mol. The Bertz CT molecular complexity index is 347. The third kappa shape index (κ3) is 2.39. The molecule has 1 rings (SSSR count). The van der Waals surface area contributed by atoms with Crippen molar-refractivity contribution in [2.24, 2.45) is 0 Å². The van der Waals surface area contributed by atoms with Gasteiger partial charge in [0, 0.05) is 5.56 Å². The van der Waals surface area contributed by atoms with Crippen molar-refractivity contribution in [1.82, 2.24) is 0 Å². The first-order valence-corrected chi connectivity index (χ1v) is 3.74. The second-order valence-corrected chi connectivity index (χ2v) is 2.35. The van der Waals surface area contributed by atoms with Crippen LogP contribution in [-0.4, -0.2) is 23.9 Å². The predicted octanol–water partition coefficient (Wildman–Crippen LogP) is 0.745. The Morgan fingerprint density at radius 2 is 2.23 bits per heavy atom. The van der Waals surface area contributed by atoms with Gasteiger partial charge >= 0.3 is 0 Å². The molecule has 0 saturated carbocycles. The molecule has 0 heterocycles. The molecule has 3 nitrogen and oxygen atoms in total. The summed E-state index contributed by atoms with van der Waals surface area (Å²) < 4.78 is 4.89. The van der Waals surface area contributed by atoms with Gasteiger partial charge in [-0.25, -0.2) is 0 Å². The Labute approximate surface area is 76.6 Å². The predicted molar refractivity (Wildman–Crippen MR) is 48.6 cm³/mol. The second-order valence-electron chi connectivity index (χ2n) is 2.35. The lowest BCUT2D eigenvalue weighted by Crippen LogP contribution is -1.85. The van der Waals surface area contributed by atoms with E-state index in [0.717, 1.165) is 0 Å². The molecule has 3 heteroatoms. The smallest absolute Gasteiger partial charge is 0.161 e.